The number of amides is 1. The standard InChI is InChI=1S/C26H34N2O2/c1-18-9-10-24-22(15-18)23(16-26(3,4)30-24)27-25(29)20-11-13-28(14-12-20)17-21-8-6-5-7-19(21)2/h5-10,15,20,23H,11-14,16-17H2,1-4H3,(H,27,29)/t23-/m0/s1. The molecule has 2 heterocycles. The van der Waals surface area contributed by atoms with E-state index in [0.29, 0.717) is 0 Å². The molecule has 1 amide bonds. The van der Waals surface area contributed by atoms with Crippen molar-refractivity contribution < 1.29 is 9.53 Å². The highest BCUT2D eigenvalue weighted by molar-refractivity contribution is 5.79. The Morgan fingerprint density at radius 1 is 1.13 bits per heavy atom. The number of likely N-dealkylation sites (tertiary alicyclic amines) is 1. The maximum absolute atomic E-state index is 13.1. The van der Waals surface area contributed by atoms with E-state index in [9.17, 15) is 4.79 Å². The summed E-state index contributed by atoms with van der Waals surface area (Å²) in [6.07, 6.45) is 2.64. The molecule has 0 radical (unpaired) electrons. The van der Waals surface area contributed by atoms with Crippen LogP contribution in [-0.2, 0) is 11.3 Å². The van der Waals surface area contributed by atoms with Gasteiger partial charge in [0.2, 0.25) is 5.91 Å². The molecule has 4 rings (SSSR count). The Bertz CT molecular complexity index is 913. The van der Waals surface area contributed by atoms with Gasteiger partial charge in [0.05, 0.1) is 6.04 Å². The average Bonchev–Trinajstić information content (AvgIpc) is 2.70. The van der Waals surface area contributed by atoms with Gasteiger partial charge in [-0.2, -0.15) is 0 Å². The van der Waals surface area contributed by atoms with E-state index < -0.39 is 0 Å². The highest BCUT2D eigenvalue weighted by Gasteiger charge is 2.36. The Morgan fingerprint density at radius 2 is 1.87 bits per heavy atom. The van der Waals surface area contributed by atoms with Gasteiger partial charge in [0.15, 0.2) is 0 Å². The fraction of sp³-hybridized carbons (Fsp3) is 0.500. The second kappa shape index (κ2) is 8.43. The molecule has 2 aliphatic rings. The van der Waals surface area contributed by atoms with E-state index in [4.69, 9.17) is 4.74 Å². The second-order valence-electron chi connectivity index (χ2n) is 9.65. The lowest BCUT2D eigenvalue weighted by molar-refractivity contribution is -0.127. The summed E-state index contributed by atoms with van der Waals surface area (Å²) in [5.41, 5.74) is 4.75. The molecule has 1 fully saturated rings. The molecule has 2 aliphatic heterocycles. The SMILES string of the molecule is Cc1ccc2c(c1)[C@@H](NC(=O)C1CCN(Cc3ccccc3C)CC1)CC(C)(C)O2. The van der Waals surface area contributed by atoms with Crippen LogP contribution >= 0.6 is 0 Å². The third-order valence-corrected chi connectivity index (χ3v) is 6.55. The Morgan fingerprint density at radius 3 is 2.60 bits per heavy atom. The summed E-state index contributed by atoms with van der Waals surface area (Å²) in [5.74, 6) is 1.19. The Labute approximate surface area is 180 Å². The molecule has 1 saturated heterocycles. The van der Waals surface area contributed by atoms with Gasteiger partial charge in [-0.25, -0.2) is 0 Å². The zero-order chi connectivity index (χ0) is 21.3. The first-order valence-corrected chi connectivity index (χ1v) is 11.2. The molecule has 0 unspecified atom stereocenters. The monoisotopic (exact) mass is 406 g/mol. The van der Waals surface area contributed by atoms with Crippen LogP contribution in [-0.4, -0.2) is 29.5 Å². The largest absolute Gasteiger partial charge is 0.487 e. The highest BCUT2D eigenvalue weighted by Crippen LogP contribution is 2.40. The summed E-state index contributed by atoms with van der Waals surface area (Å²) in [6, 6.07) is 14.9. The van der Waals surface area contributed by atoms with Gasteiger partial charge in [-0.15, -0.1) is 0 Å². The predicted molar refractivity (Wildman–Crippen MR) is 121 cm³/mol. The van der Waals surface area contributed by atoms with Crippen molar-refractivity contribution in [2.24, 2.45) is 5.92 Å². The van der Waals surface area contributed by atoms with Crippen molar-refractivity contribution in [3.8, 4) is 5.75 Å². The summed E-state index contributed by atoms with van der Waals surface area (Å²) in [7, 11) is 0. The van der Waals surface area contributed by atoms with Crippen LogP contribution in [0.4, 0.5) is 0 Å². The molecule has 1 atom stereocenters. The number of carbonyl (C=O) groups excluding carboxylic acids is 1. The van der Waals surface area contributed by atoms with Gasteiger partial charge < -0.3 is 10.1 Å². The first-order chi connectivity index (χ1) is 14.3. The first kappa shape index (κ1) is 20.9. The van der Waals surface area contributed by atoms with Crippen LogP contribution in [0, 0.1) is 19.8 Å². The van der Waals surface area contributed by atoms with E-state index in [1.54, 1.807) is 0 Å². The smallest absolute Gasteiger partial charge is 0.223 e. The topological polar surface area (TPSA) is 41.6 Å². The van der Waals surface area contributed by atoms with Gasteiger partial charge in [-0.3, -0.25) is 9.69 Å². The van der Waals surface area contributed by atoms with Gasteiger partial charge in [-0.1, -0.05) is 42.0 Å². The van der Waals surface area contributed by atoms with E-state index in [-0.39, 0.29) is 23.5 Å². The molecule has 0 bridgehead atoms. The van der Waals surface area contributed by atoms with Crippen molar-refractivity contribution in [2.75, 3.05) is 13.1 Å². The van der Waals surface area contributed by atoms with Crippen LogP contribution in [0.3, 0.4) is 0 Å². The molecule has 4 nitrogen and oxygen atoms in total. The third kappa shape index (κ3) is 4.70. The highest BCUT2D eigenvalue weighted by atomic mass is 16.5. The number of ether oxygens (including phenoxy) is 1. The number of nitrogens with zero attached hydrogens (tertiary/aromatic N) is 1. The van der Waals surface area contributed by atoms with Crippen LogP contribution in [0.15, 0.2) is 42.5 Å². The summed E-state index contributed by atoms with van der Waals surface area (Å²) in [4.78, 5) is 15.6. The quantitative estimate of drug-likeness (QED) is 0.782. The minimum atomic E-state index is -0.281. The number of carbonyl (C=O) groups is 1. The zero-order valence-corrected chi connectivity index (χ0v) is 18.7. The number of fused-ring (bicyclic) bond motifs is 1. The van der Waals surface area contributed by atoms with Crippen molar-refractivity contribution in [3.63, 3.8) is 0 Å². The molecule has 2 aromatic rings. The number of nitrogens with one attached hydrogen (secondary N) is 1. The Hall–Kier alpha value is -2.33. The maximum Gasteiger partial charge on any atom is 0.223 e. The van der Waals surface area contributed by atoms with Crippen molar-refractivity contribution in [1.29, 1.82) is 0 Å². The molecule has 2 aromatic carbocycles. The van der Waals surface area contributed by atoms with Crippen LogP contribution in [0.5, 0.6) is 5.75 Å². The fourth-order valence-corrected chi connectivity index (χ4v) is 4.77. The van der Waals surface area contributed by atoms with Gasteiger partial charge in [0.25, 0.3) is 0 Å². The normalized spacial score (nSPS) is 21.5. The summed E-state index contributed by atoms with van der Waals surface area (Å²) in [6.45, 7) is 11.4. The molecule has 160 valence electrons. The molecule has 1 N–H and O–H groups in total. The first-order valence-electron chi connectivity index (χ1n) is 11.2. The van der Waals surface area contributed by atoms with Crippen LogP contribution < -0.4 is 10.1 Å². The van der Waals surface area contributed by atoms with E-state index in [2.05, 4.69) is 74.3 Å². The lowest BCUT2D eigenvalue weighted by Crippen LogP contribution is -2.45. The fourth-order valence-electron chi connectivity index (χ4n) is 4.77. The summed E-state index contributed by atoms with van der Waals surface area (Å²) < 4.78 is 6.15. The molecule has 0 saturated carbocycles. The van der Waals surface area contributed by atoms with Gasteiger partial charge >= 0.3 is 0 Å². The lowest BCUT2D eigenvalue weighted by atomic mass is 9.88. The number of aryl methyl sites for hydroxylation is 2. The number of rotatable bonds is 4. The number of piperidine rings is 1. The number of benzene rings is 2. The van der Waals surface area contributed by atoms with Gasteiger partial charge in [0.1, 0.15) is 11.4 Å². The summed E-state index contributed by atoms with van der Waals surface area (Å²) >= 11 is 0. The van der Waals surface area contributed by atoms with Crippen molar-refractivity contribution in [2.45, 2.75) is 65.1 Å². The van der Waals surface area contributed by atoms with Gasteiger partial charge in [0, 0.05) is 24.4 Å². The van der Waals surface area contributed by atoms with Crippen LogP contribution in [0.1, 0.15) is 61.4 Å². The molecule has 0 spiro atoms. The molecular weight excluding hydrogens is 372 g/mol. The molecule has 4 heteroatoms. The van der Waals surface area contributed by atoms with Crippen LogP contribution in [0.25, 0.3) is 0 Å². The number of hydrogen-bond acceptors (Lipinski definition) is 3. The predicted octanol–water partition coefficient (Wildman–Crippen LogP) is 4.93. The second-order valence-corrected chi connectivity index (χ2v) is 9.65. The molecular formula is C26H34N2O2. The minimum Gasteiger partial charge on any atom is -0.487 e. The lowest BCUT2D eigenvalue weighted by Gasteiger charge is -2.39. The van der Waals surface area contributed by atoms with E-state index in [0.717, 1.165) is 50.2 Å². The minimum absolute atomic E-state index is 0.0150. The van der Waals surface area contributed by atoms with Crippen LogP contribution in [0.2, 0.25) is 0 Å². The zero-order valence-electron chi connectivity index (χ0n) is 18.7. The Balaban J connectivity index is 1.37. The molecule has 30 heavy (non-hydrogen) atoms. The Kier molecular flexibility index (Phi) is 5.88. The maximum atomic E-state index is 13.1. The third-order valence-electron chi connectivity index (χ3n) is 6.55. The van der Waals surface area contributed by atoms with E-state index in [1.807, 2.05) is 6.07 Å². The van der Waals surface area contributed by atoms with Crippen molar-refractivity contribution in [3.05, 3.63) is 64.7 Å². The average molecular weight is 407 g/mol. The van der Waals surface area contributed by atoms with E-state index >= 15 is 0 Å². The molecule has 0 aliphatic carbocycles. The van der Waals surface area contributed by atoms with Gasteiger partial charge in [-0.05, 0) is 70.8 Å². The number of hydrogen-bond donors (Lipinski definition) is 1. The van der Waals surface area contributed by atoms with Crippen molar-refractivity contribution in [1.82, 2.24) is 10.2 Å². The molecule has 0 aromatic heterocycles. The van der Waals surface area contributed by atoms with Crippen molar-refractivity contribution >= 4 is 5.91 Å². The van der Waals surface area contributed by atoms with E-state index in [1.165, 1.54) is 16.7 Å². The summed E-state index contributed by atoms with van der Waals surface area (Å²) in [5, 5.41) is 3.36.